The van der Waals surface area contributed by atoms with E-state index >= 15 is 0 Å². The molecule has 2 amide bonds. The van der Waals surface area contributed by atoms with Crippen LogP contribution >= 0.6 is 0 Å². The number of hydrogen-bond acceptors (Lipinski definition) is 4. The molecule has 33 heavy (non-hydrogen) atoms. The Morgan fingerprint density at radius 2 is 1.67 bits per heavy atom. The highest BCUT2D eigenvalue weighted by atomic mass is 16.5. The van der Waals surface area contributed by atoms with Crippen LogP contribution in [0.25, 0.3) is 11.1 Å². The number of fused-ring (bicyclic) bond motifs is 3. The molecule has 0 bridgehead atoms. The Morgan fingerprint density at radius 1 is 1.03 bits per heavy atom. The SMILES string of the molecule is CCCN(CC(=O)O)C(=O)[C@@H]1CC[C@H](NC(=O)OCC2c3ccccc3-c3ccccc32)C1. The molecular weight excluding hydrogens is 420 g/mol. The maximum atomic E-state index is 12.8. The van der Waals surface area contributed by atoms with E-state index in [2.05, 4.69) is 29.6 Å². The third-order valence-electron chi connectivity index (χ3n) is 6.58. The molecule has 1 saturated carbocycles. The Kier molecular flexibility index (Phi) is 6.96. The number of carboxylic acid groups (broad SMARTS) is 1. The maximum absolute atomic E-state index is 12.8. The monoisotopic (exact) mass is 450 g/mol. The van der Waals surface area contributed by atoms with E-state index in [0.29, 0.717) is 32.2 Å². The number of alkyl carbamates (subject to hydrolysis) is 1. The van der Waals surface area contributed by atoms with Gasteiger partial charge in [-0.3, -0.25) is 9.59 Å². The molecule has 7 nitrogen and oxygen atoms in total. The zero-order chi connectivity index (χ0) is 23.4. The third-order valence-corrected chi connectivity index (χ3v) is 6.58. The molecule has 2 aromatic rings. The summed E-state index contributed by atoms with van der Waals surface area (Å²) < 4.78 is 5.61. The molecule has 2 aromatic carbocycles. The summed E-state index contributed by atoms with van der Waals surface area (Å²) in [6.45, 7) is 2.30. The number of amides is 2. The van der Waals surface area contributed by atoms with Gasteiger partial charge in [0.25, 0.3) is 0 Å². The molecule has 2 atom stereocenters. The largest absolute Gasteiger partial charge is 0.480 e. The summed E-state index contributed by atoms with van der Waals surface area (Å²) in [6, 6.07) is 16.2. The highest BCUT2D eigenvalue weighted by Gasteiger charge is 2.34. The average Bonchev–Trinajstić information content (AvgIpc) is 3.39. The van der Waals surface area contributed by atoms with Crippen LogP contribution in [0.4, 0.5) is 4.79 Å². The van der Waals surface area contributed by atoms with Crippen molar-refractivity contribution in [2.24, 2.45) is 5.92 Å². The van der Waals surface area contributed by atoms with E-state index in [-0.39, 0.29) is 36.9 Å². The van der Waals surface area contributed by atoms with Gasteiger partial charge in [0.2, 0.25) is 5.91 Å². The van der Waals surface area contributed by atoms with Gasteiger partial charge in [-0.05, 0) is 47.9 Å². The van der Waals surface area contributed by atoms with Gasteiger partial charge in [0.1, 0.15) is 13.2 Å². The summed E-state index contributed by atoms with van der Waals surface area (Å²) >= 11 is 0. The predicted molar refractivity (Wildman–Crippen MR) is 124 cm³/mol. The molecule has 2 aliphatic rings. The molecule has 7 heteroatoms. The molecule has 174 valence electrons. The van der Waals surface area contributed by atoms with E-state index in [0.717, 1.165) is 11.1 Å². The minimum atomic E-state index is -1.01. The van der Waals surface area contributed by atoms with Gasteiger partial charge in [0, 0.05) is 24.4 Å². The second-order valence-corrected chi connectivity index (χ2v) is 8.83. The van der Waals surface area contributed by atoms with Gasteiger partial charge in [-0.1, -0.05) is 55.5 Å². The molecule has 0 aromatic heterocycles. The first kappa shape index (κ1) is 22.8. The van der Waals surface area contributed by atoms with Crippen molar-refractivity contribution in [2.45, 2.75) is 44.6 Å². The molecule has 2 N–H and O–H groups in total. The molecule has 0 aliphatic heterocycles. The topological polar surface area (TPSA) is 95.9 Å². The summed E-state index contributed by atoms with van der Waals surface area (Å²) in [4.78, 5) is 37.8. The summed E-state index contributed by atoms with van der Waals surface area (Å²) in [5.41, 5.74) is 4.68. The van der Waals surface area contributed by atoms with Gasteiger partial charge in [0.15, 0.2) is 0 Å². The number of hydrogen-bond donors (Lipinski definition) is 2. The third kappa shape index (κ3) is 5.02. The van der Waals surface area contributed by atoms with E-state index in [1.807, 2.05) is 31.2 Å². The predicted octanol–water partition coefficient (Wildman–Crippen LogP) is 4.02. The fourth-order valence-electron chi connectivity index (χ4n) is 5.10. The summed E-state index contributed by atoms with van der Waals surface area (Å²) in [7, 11) is 0. The highest BCUT2D eigenvalue weighted by Crippen LogP contribution is 2.44. The van der Waals surface area contributed by atoms with Crippen molar-refractivity contribution in [1.29, 1.82) is 0 Å². The van der Waals surface area contributed by atoms with Crippen LogP contribution in [0, 0.1) is 5.92 Å². The molecule has 0 unspecified atom stereocenters. The molecule has 4 rings (SSSR count). The lowest BCUT2D eigenvalue weighted by Gasteiger charge is -2.23. The number of aliphatic carboxylic acids is 1. The first-order valence-corrected chi connectivity index (χ1v) is 11.6. The second-order valence-electron chi connectivity index (χ2n) is 8.83. The number of benzene rings is 2. The van der Waals surface area contributed by atoms with E-state index in [9.17, 15) is 14.4 Å². The van der Waals surface area contributed by atoms with Crippen LogP contribution in [0.15, 0.2) is 48.5 Å². The van der Waals surface area contributed by atoms with E-state index < -0.39 is 12.1 Å². The first-order valence-electron chi connectivity index (χ1n) is 11.6. The van der Waals surface area contributed by atoms with Crippen molar-refractivity contribution in [1.82, 2.24) is 10.2 Å². The lowest BCUT2D eigenvalue weighted by molar-refractivity contribution is -0.146. The number of carboxylic acids is 1. The standard InChI is InChI=1S/C26H30N2O5/c1-2-13-28(15-24(29)30)25(31)17-11-12-18(14-17)27-26(32)33-16-23-21-9-5-3-7-19(21)20-8-4-6-10-22(20)23/h3-10,17-18,23H,2,11-16H2,1H3,(H,27,32)(H,29,30)/t17-,18+/m1/s1. The number of ether oxygens (including phenoxy) is 1. The Morgan fingerprint density at radius 3 is 2.27 bits per heavy atom. The van der Waals surface area contributed by atoms with Gasteiger partial charge in [-0.2, -0.15) is 0 Å². The van der Waals surface area contributed by atoms with Gasteiger partial charge in [0.05, 0.1) is 0 Å². The Balaban J connectivity index is 1.31. The lowest BCUT2D eigenvalue weighted by atomic mass is 9.98. The molecule has 0 saturated heterocycles. The minimum Gasteiger partial charge on any atom is -0.480 e. The Bertz CT molecular complexity index is 991. The molecule has 1 fully saturated rings. The Labute approximate surface area is 193 Å². The van der Waals surface area contributed by atoms with E-state index in [4.69, 9.17) is 9.84 Å². The van der Waals surface area contributed by atoms with Crippen molar-refractivity contribution in [3.63, 3.8) is 0 Å². The van der Waals surface area contributed by atoms with E-state index in [1.54, 1.807) is 0 Å². The minimum absolute atomic E-state index is 0.000301. The Hall–Kier alpha value is -3.35. The van der Waals surface area contributed by atoms with Crippen LogP contribution < -0.4 is 5.32 Å². The quantitative estimate of drug-likeness (QED) is 0.633. The number of nitrogens with zero attached hydrogens (tertiary/aromatic N) is 1. The lowest BCUT2D eigenvalue weighted by Crippen LogP contribution is -2.40. The van der Waals surface area contributed by atoms with Crippen molar-refractivity contribution < 1.29 is 24.2 Å². The van der Waals surface area contributed by atoms with Crippen molar-refractivity contribution >= 4 is 18.0 Å². The fraction of sp³-hybridized carbons (Fsp3) is 0.423. The summed E-state index contributed by atoms with van der Waals surface area (Å²) in [6.07, 6.45) is 2.03. The normalized spacial score (nSPS) is 18.9. The van der Waals surface area contributed by atoms with Crippen molar-refractivity contribution in [3.8, 4) is 11.1 Å². The summed E-state index contributed by atoms with van der Waals surface area (Å²) in [5.74, 6) is -1.42. The fourth-order valence-corrected chi connectivity index (χ4v) is 5.10. The number of carbonyl (C=O) groups is 3. The summed E-state index contributed by atoms with van der Waals surface area (Å²) in [5, 5.41) is 12.0. The van der Waals surface area contributed by atoms with E-state index in [1.165, 1.54) is 16.0 Å². The van der Waals surface area contributed by atoms with Crippen LogP contribution in [0.5, 0.6) is 0 Å². The van der Waals surface area contributed by atoms with Gasteiger partial charge >= 0.3 is 12.1 Å². The molecule has 2 aliphatic carbocycles. The van der Waals surface area contributed by atoms with Gasteiger partial charge in [-0.15, -0.1) is 0 Å². The molecule has 0 heterocycles. The number of rotatable bonds is 8. The van der Waals surface area contributed by atoms with Crippen molar-refractivity contribution in [3.05, 3.63) is 59.7 Å². The van der Waals surface area contributed by atoms with Crippen LogP contribution in [-0.2, 0) is 14.3 Å². The zero-order valence-corrected chi connectivity index (χ0v) is 18.8. The van der Waals surface area contributed by atoms with Crippen LogP contribution in [0.2, 0.25) is 0 Å². The van der Waals surface area contributed by atoms with Crippen LogP contribution in [0.3, 0.4) is 0 Å². The van der Waals surface area contributed by atoms with Crippen LogP contribution in [0.1, 0.15) is 49.7 Å². The first-order chi connectivity index (χ1) is 16.0. The molecular formula is C26H30N2O5. The van der Waals surface area contributed by atoms with Gasteiger partial charge in [-0.25, -0.2) is 4.79 Å². The average molecular weight is 451 g/mol. The van der Waals surface area contributed by atoms with Gasteiger partial charge < -0.3 is 20.1 Å². The number of carbonyl (C=O) groups excluding carboxylic acids is 2. The second kappa shape index (κ2) is 10.1. The van der Waals surface area contributed by atoms with Crippen LogP contribution in [-0.4, -0.2) is 53.7 Å². The highest BCUT2D eigenvalue weighted by molar-refractivity contribution is 5.83. The molecule has 0 spiro atoms. The number of nitrogens with one attached hydrogen (secondary N) is 1. The zero-order valence-electron chi connectivity index (χ0n) is 18.8. The maximum Gasteiger partial charge on any atom is 0.407 e. The molecule has 0 radical (unpaired) electrons. The van der Waals surface area contributed by atoms with Crippen molar-refractivity contribution in [2.75, 3.05) is 19.7 Å². The smallest absolute Gasteiger partial charge is 0.407 e.